The lowest BCUT2D eigenvalue weighted by Gasteiger charge is -2.14. The van der Waals surface area contributed by atoms with E-state index < -0.39 is 12.2 Å². The molecule has 0 atom stereocenters. The van der Waals surface area contributed by atoms with E-state index in [1.807, 2.05) is 39.0 Å². The number of carbonyl (C=O) groups is 1. The Labute approximate surface area is 137 Å². The molecule has 0 unspecified atom stereocenters. The molecule has 124 valence electrons. The number of hydrogen-bond donors (Lipinski definition) is 2. The molecule has 6 heteroatoms. The van der Waals surface area contributed by atoms with Crippen molar-refractivity contribution in [1.82, 2.24) is 5.32 Å². The highest BCUT2D eigenvalue weighted by molar-refractivity contribution is 6.07. The first-order valence-electron chi connectivity index (χ1n) is 7.21. The number of amides is 1. The standard InChI is InChI=1S/C17H23N3O3/c1-11-6-12(2)16(13(3)7-11)20-17(21)14(8-18)9-19-10-15(22-4)23-5/h6-7,9,15,19H,10H2,1-5H3,(H,20,21)/b14-9-. The first kappa shape index (κ1) is 18.7. The molecule has 0 spiro atoms. The summed E-state index contributed by atoms with van der Waals surface area (Å²) in [7, 11) is 3.03. The van der Waals surface area contributed by atoms with Crippen LogP contribution in [0.25, 0.3) is 0 Å². The number of rotatable bonds is 7. The fourth-order valence-electron chi connectivity index (χ4n) is 2.23. The van der Waals surface area contributed by atoms with Crippen LogP contribution in [0.5, 0.6) is 0 Å². The van der Waals surface area contributed by atoms with Crippen LogP contribution >= 0.6 is 0 Å². The van der Waals surface area contributed by atoms with E-state index in [-0.39, 0.29) is 5.57 Å². The molecular formula is C17H23N3O3. The summed E-state index contributed by atoms with van der Waals surface area (Å²) in [4.78, 5) is 12.2. The molecule has 1 rings (SSSR count). The monoisotopic (exact) mass is 317 g/mol. The molecule has 0 aliphatic heterocycles. The third-order valence-electron chi connectivity index (χ3n) is 3.34. The number of nitriles is 1. The Bertz CT molecular complexity index is 605. The van der Waals surface area contributed by atoms with Gasteiger partial charge in [-0.2, -0.15) is 5.26 Å². The molecule has 0 aromatic heterocycles. The van der Waals surface area contributed by atoms with Crippen LogP contribution in [0.15, 0.2) is 23.9 Å². The van der Waals surface area contributed by atoms with Gasteiger partial charge < -0.3 is 20.1 Å². The zero-order valence-corrected chi connectivity index (χ0v) is 14.2. The molecule has 0 heterocycles. The van der Waals surface area contributed by atoms with Crippen LogP contribution in [-0.2, 0) is 14.3 Å². The molecule has 2 N–H and O–H groups in total. The first-order chi connectivity index (χ1) is 10.9. The average Bonchev–Trinajstić information content (AvgIpc) is 2.51. The second-order valence-corrected chi connectivity index (χ2v) is 5.21. The van der Waals surface area contributed by atoms with Gasteiger partial charge in [0.05, 0.1) is 6.54 Å². The maximum absolute atomic E-state index is 12.2. The van der Waals surface area contributed by atoms with Crippen molar-refractivity contribution in [3.05, 3.63) is 40.6 Å². The van der Waals surface area contributed by atoms with Gasteiger partial charge in [-0.25, -0.2) is 0 Å². The van der Waals surface area contributed by atoms with Crippen molar-refractivity contribution in [1.29, 1.82) is 5.26 Å². The molecule has 1 aromatic carbocycles. The van der Waals surface area contributed by atoms with Gasteiger partial charge in [-0.05, 0) is 31.9 Å². The SMILES string of the molecule is COC(CN/C=C(/C#N)C(=O)Nc1c(C)cc(C)cc1C)OC. The number of ether oxygens (including phenoxy) is 2. The smallest absolute Gasteiger partial charge is 0.267 e. The molecule has 1 aromatic rings. The Balaban J connectivity index is 2.81. The van der Waals surface area contributed by atoms with Crippen LogP contribution in [0, 0.1) is 32.1 Å². The van der Waals surface area contributed by atoms with Crippen molar-refractivity contribution in [2.75, 3.05) is 26.1 Å². The zero-order valence-electron chi connectivity index (χ0n) is 14.2. The summed E-state index contributed by atoms with van der Waals surface area (Å²) >= 11 is 0. The van der Waals surface area contributed by atoms with Gasteiger partial charge in [-0.15, -0.1) is 0 Å². The molecule has 0 bridgehead atoms. The quantitative estimate of drug-likeness (QED) is 0.457. The van der Waals surface area contributed by atoms with Crippen molar-refractivity contribution in [2.45, 2.75) is 27.1 Å². The normalized spacial score (nSPS) is 11.3. The van der Waals surface area contributed by atoms with Crippen molar-refractivity contribution >= 4 is 11.6 Å². The first-order valence-corrected chi connectivity index (χ1v) is 7.21. The maximum atomic E-state index is 12.2. The summed E-state index contributed by atoms with van der Waals surface area (Å²) in [5.41, 5.74) is 3.75. The van der Waals surface area contributed by atoms with E-state index in [1.165, 1.54) is 20.4 Å². The number of nitrogens with one attached hydrogen (secondary N) is 2. The third kappa shape index (κ3) is 5.40. The largest absolute Gasteiger partial charge is 0.385 e. The Morgan fingerprint density at radius 2 is 1.83 bits per heavy atom. The van der Waals surface area contributed by atoms with Crippen molar-refractivity contribution in [2.24, 2.45) is 0 Å². The molecular weight excluding hydrogens is 294 g/mol. The predicted octanol–water partition coefficient (Wildman–Crippen LogP) is 2.17. The van der Waals surface area contributed by atoms with E-state index in [1.54, 1.807) is 0 Å². The molecule has 0 aliphatic rings. The Kier molecular flexibility index (Phi) is 7.26. The summed E-state index contributed by atoms with van der Waals surface area (Å²) in [6.07, 6.45) is 0.912. The van der Waals surface area contributed by atoms with Gasteiger partial charge >= 0.3 is 0 Å². The van der Waals surface area contributed by atoms with Gasteiger partial charge in [-0.3, -0.25) is 4.79 Å². The summed E-state index contributed by atoms with van der Waals surface area (Å²) in [6.45, 7) is 6.17. The van der Waals surface area contributed by atoms with E-state index in [0.29, 0.717) is 6.54 Å². The topological polar surface area (TPSA) is 83.4 Å². The minimum Gasteiger partial charge on any atom is -0.385 e. The summed E-state index contributed by atoms with van der Waals surface area (Å²) in [5.74, 6) is -0.457. The Morgan fingerprint density at radius 3 is 2.30 bits per heavy atom. The lowest BCUT2D eigenvalue weighted by Crippen LogP contribution is -2.27. The summed E-state index contributed by atoms with van der Waals surface area (Å²) in [5, 5.41) is 14.8. The number of hydrogen-bond acceptors (Lipinski definition) is 5. The van der Waals surface area contributed by atoms with Crippen LogP contribution in [0.2, 0.25) is 0 Å². The molecule has 6 nitrogen and oxygen atoms in total. The Hall–Kier alpha value is -2.36. The van der Waals surface area contributed by atoms with Crippen LogP contribution < -0.4 is 10.6 Å². The molecule has 0 fully saturated rings. The molecule has 1 amide bonds. The summed E-state index contributed by atoms with van der Waals surface area (Å²) in [6, 6.07) is 5.86. The van der Waals surface area contributed by atoms with E-state index in [4.69, 9.17) is 14.7 Å². The van der Waals surface area contributed by atoms with Gasteiger partial charge in [0, 0.05) is 26.1 Å². The fourth-order valence-corrected chi connectivity index (χ4v) is 2.23. The number of methoxy groups -OCH3 is 2. The van der Waals surface area contributed by atoms with Crippen molar-refractivity contribution in [3.63, 3.8) is 0 Å². The van der Waals surface area contributed by atoms with Crippen molar-refractivity contribution in [3.8, 4) is 6.07 Å². The van der Waals surface area contributed by atoms with Crippen LogP contribution in [0.3, 0.4) is 0 Å². The van der Waals surface area contributed by atoms with E-state index in [0.717, 1.165) is 22.4 Å². The molecule has 0 radical (unpaired) electrons. The van der Waals surface area contributed by atoms with Gasteiger partial charge in [-0.1, -0.05) is 17.7 Å². The predicted molar refractivity (Wildman–Crippen MR) is 88.8 cm³/mol. The van der Waals surface area contributed by atoms with Gasteiger partial charge in [0.25, 0.3) is 5.91 Å². The second-order valence-electron chi connectivity index (χ2n) is 5.21. The van der Waals surface area contributed by atoms with Gasteiger partial charge in [0.2, 0.25) is 0 Å². The second kappa shape index (κ2) is 8.93. The van der Waals surface area contributed by atoms with Crippen LogP contribution in [0.4, 0.5) is 5.69 Å². The van der Waals surface area contributed by atoms with Crippen LogP contribution in [-0.4, -0.2) is 33.0 Å². The van der Waals surface area contributed by atoms with Crippen LogP contribution in [0.1, 0.15) is 16.7 Å². The van der Waals surface area contributed by atoms with E-state index >= 15 is 0 Å². The highest BCUT2D eigenvalue weighted by atomic mass is 16.7. The average molecular weight is 317 g/mol. The lowest BCUT2D eigenvalue weighted by molar-refractivity contribution is -0.112. The minimum atomic E-state index is -0.457. The molecule has 0 aliphatic carbocycles. The zero-order chi connectivity index (χ0) is 17.4. The number of aryl methyl sites for hydroxylation is 3. The number of benzene rings is 1. The van der Waals surface area contributed by atoms with E-state index in [9.17, 15) is 4.79 Å². The lowest BCUT2D eigenvalue weighted by atomic mass is 10.0. The number of carbonyl (C=O) groups excluding carboxylic acids is 1. The molecule has 23 heavy (non-hydrogen) atoms. The number of anilines is 1. The minimum absolute atomic E-state index is 0.0182. The maximum Gasteiger partial charge on any atom is 0.267 e. The van der Waals surface area contributed by atoms with Gasteiger partial charge in [0.15, 0.2) is 6.29 Å². The molecule has 0 saturated carbocycles. The number of nitrogens with zero attached hydrogens (tertiary/aromatic N) is 1. The van der Waals surface area contributed by atoms with Gasteiger partial charge in [0.1, 0.15) is 11.6 Å². The fraction of sp³-hybridized carbons (Fsp3) is 0.412. The highest BCUT2D eigenvalue weighted by Crippen LogP contribution is 2.22. The van der Waals surface area contributed by atoms with Crippen molar-refractivity contribution < 1.29 is 14.3 Å². The Morgan fingerprint density at radius 1 is 1.26 bits per heavy atom. The van der Waals surface area contributed by atoms with E-state index in [2.05, 4.69) is 10.6 Å². The highest BCUT2D eigenvalue weighted by Gasteiger charge is 2.13. The molecule has 0 saturated heterocycles. The summed E-state index contributed by atoms with van der Waals surface area (Å²) < 4.78 is 10.0. The third-order valence-corrected chi connectivity index (χ3v) is 3.34.